The summed E-state index contributed by atoms with van der Waals surface area (Å²) in [7, 11) is 0. The Morgan fingerprint density at radius 3 is 2.71 bits per heavy atom. The first-order valence-corrected chi connectivity index (χ1v) is 10.0. The highest BCUT2D eigenvalue weighted by Crippen LogP contribution is 2.39. The molecule has 0 aliphatic carbocycles. The summed E-state index contributed by atoms with van der Waals surface area (Å²) in [6.07, 6.45) is 1.80. The van der Waals surface area contributed by atoms with E-state index in [0.29, 0.717) is 46.3 Å². The Balaban J connectivity index is 1.51. The van der Waals surface area contributed by atoms with Crippen LogP contribution in [0.2, 0.25) is 0 Å². The number of hydrogen-bond donors (Lipinski definition) is 1. The Kier molecular flexibility index (Phi) is 4.43. The number of anilines is 2. The monoisotopic (exact) mass is 412 g/mol. The molecule has 2 aromatic heterocycles. The largest absolute Gasteiger partial charge is 0.454 e. The summed E-state index contributed by atoms with van der Waals surface area (Å²) in [5.41, 5.74) is 3.41. The van der Waals surface area contributed by atoms with Crippen molar-refractivity contribution in [3.63, 3.8) is 0 Å². The van der Waals surface area contributed by atoms with Crippen LogP contribution >= 0.6 is 0 Å². The first-order chi connectivity index (χ1) is 15.1. The molecule has 2 aromatic carbocycles. The Hall–Kier alpha value is -4.13. The van der Waals surface area contributed by atoms with Gasteiger partial charge in [-0.25, -0.2) is 4.98 Å². The third kappa shape index (κ3) is 3.11. The van der Waals surface area contributed by atoms with E-state index in [1.807, 2.05) is 49.4 Å². The van der Waals surface area contributed by atoms with Crippen LogP contribution in [-0.4, -0.2) is 27.7 Å². The van der Waals surface area contributed by atoms with Gasteiger partial charge in [0.05, 0.1) is 16.9 Å². The van der Waals surface area contributed by atoms with E-state index < -0.39 is 0 Å². The normalized spacial score (nSPS) is 12.7. The van der Waals surface area contributed by atoms with Crippen molar-refractivity contribution in [2.45, 2.75) is 13.8 Å². The first kappa shape index (κ1) is 18.9. The highest BCUT2D eigenvalue weighted by atomic mass is 16.5. The van der Waals surface area contributed by atoms with Crippen molar-refractivity contribution in [3.05, 3.63) is 83.8 Å². The van der Waals surface area contributed by atoms with Crippen LogP contribution in [0.4, 0.5) is 11.4 Å². The fourth-order valence-corrected chi connectivity index (χ4v) is 3.89. The minimum atomic E-state index is -0.297. The van der Waals surface area contributed by atoms with E-state index in [0.717, 1.165) is 5.69 Å². The number of imidazole rings is 1. The van der Waals surface area contributed by atoms with Crippen molar-refractivity contribution in [1.82, 2.24) is 9.38 Å². The highest BCUT2D eigenvalue weighted by molar-refractivity contribution is 6.11. The van der Waals surface area contributed by atoms with Gasteiger partial charge in [0.1, 0.15) is 17.1 Å². The zero-order valence-corrected chi connectivity index (χ0v) is 17.1. The van der Waals surface area contributed by atoms with Gasteiger partial charge in [-0.05, 0) is 56.3 Å². The van der Waals surface area contributed by atoms with Crippen molar-refractivity contribution in [2.24, 2.45) is 0 Å². The quantitative estimate of drug-likeness (QED) is 0.531. The minimum absolute atomic E-state index is 0.176. The zero-order valence-electron chi connectivity index (χ0n) is 17.1. The van der Waals surface area contributed by atoms with Gasteiger partial charge in [0.15, 0.2) is 5.75 Å². The molecule has 0 saturated carbocycles. The lowest BCUT2D eigenvalue weighted by Crippen LogP contribution is -2.29. The molecule has 31 heavy (non-hydrogen) atoms. The molecule has 0 bridgehead atoms. The molecule has 1 aliphatic heterocycles. The summed E-state index contributed by atoms with van der Waals surface area (Å²) < 4.78 is 7.77. The van der Waals surface area contributed by atoms with E-state index in [1.165, 1.54) is 0 Å². The molecule has 0 unspecified atom stereocenters. The van der Waals surface area contributed by atoms with Crippen LogP contribution in [-0.2, 0) is 0 Å². The molecule has 1 aliphatic rings. The summed E-state index contributed by atoms with van der Waals surface area (Å²) in [6, 6.07) is 18.1. The molecule has 7 nitrogen and oxygen atoms in total. The average Bonchev–Trinajstić information content (AvgIpc) is 3.06. The van der Waals surface area contributed by atoms with Crippen molar-refractivity contribution >= 4 is 28.8 Å². The Labute approximate surface area is 178 Å². The average molecular weight is 412 g/mol. The molecule has 0 fully saturated rings. The fourth-order valence-electron chi connectivity index (χ4n) is 3.89. The summed E-state index contributed by atoms with van der Waals surface area (Å²) in [5.74, 6) is 0.602. The van der Waals surface area contributed by atoms with Crippen LogP contribution in [0, 0.1) is 6.92 Å². The predicted molar refractivity (Wildman–Crippen MR) is 118 cm³/mol. The number of benzene rings is 2. The number of hydrogen-bond acceptors (Lipinski definition) is 4. The number of rotatable bonds is 3. The number of aryl methyl sites for hydroxylation is 1. The number of amides is 2. The standard InChI is InChI=1S/C24H20N4O3/c1-3-27-18-8-4-5-9-20(18)31-19-12-11-16(14-17(19)24(27)30)26-23(29)22-15(2)25-21-10-6-7-13-28(21)22/h4-14H,3H2,1-2H3,(H,26,29). The maximum Gasteiger partial charge on any atom is 0.274 e. The van der Waals surface area contributed by atoms with E-state index >= 15 is 0 Å². The van der Waals surface area contributed by atoms with E-state index in [4.69, 9.17) is 4.74 Å². The fraction of sp³-hybridized carbons (Fsp3) is 0.125. The molecule has 4 aromatic rings. The van der Waals surface area contributed by atoms with Crippen LogP contribution < -0.4 is 15.0 Å². The zero-order chi connectivity index (χ0) is 21.5. The Bertz CT molecular complexity index is 1340. The number of pyridine rings is 1. The summed E-state index contributed by atoms with van der Waals surface area (Å²) in [6.45, 7) is 4.21. The molecule has 5 rings (SSSR count). The van der Waals surface area contributed by atoms with Gasteiger partial charge >= 0.3 is 0 Å². The van der Waals surface area contributed by atoms with Crippen molar-refractivity contribution in [2.75, 3.05) is 16.8 Å². The molecule has 0 radical (unpaired) electrons. The first-order valence-electron chi connectivity index (χ1n) is 10.0. The topological polar surface area (TPSA) is 75.9 Å². The van der Waals surface area contributed by atoms with E-state index in [2.05, 4.69) is 10.3 Å². The molecule has 2 amide bonds. The number of ether oxygens (including phenoxy) is 1. The SMILES string of the molecule is CCN1C(=O)c2cc(NC(=O)c3c(C)nc4ccccn34)ccc2Oc2ccccc21. The number of carbonyl (C=O) groups is 2. The third-order valence-electron chi connectivity index (χ3n) is 5.32. The molecule has 0 atom stereocenters. The number of carbonyl (C=O) groups excluding carboxylic acids is 2. The predicted octanol–water partition coefficient (Wildman–Crippen LogP) is 4.67. The smallest absolute Gasteiger partial charge is 0.274 e. The third-order valence-corrected chi connectivity index (χ3v) is 5.32. The molecule has 1 N–H and O–H groups in total. The molecule has 3 heterocycles. The van der Waals surface area contributed by atoms with Gasteiger partial charge in [0.2, 0.25) is 0 Å². The second-order valence-electron chi connectivity index (χ2n) is 7.26. The van der Waals surface area contributed by atoms with E-state index in [9.17, 15) is 9.59 Å². The van der Waals surface area contributed by atoms with Gasteiger partial charge in [-0.15, -0.1) is 0 Å². The van der Waals surface area contributed by atoms with Gasteiger partial charge in [0, 0.05) is 18.4 Å². The summed E-state index contributed by atoms with van der Waals surface area (Å²) in [5, 5.41) is 2.90. The number of aromatic nitrogens is 2. The Morgan fingerprint density at radius 2 is 1.87 bits per heavy atom. The number of para-hydroxylation sites is 2. The van der Waals surface area contributed by atoms with Crippen molar-refractivity contribution in [3.8, 4) is 11.5 Å². The highest BCUT2D eigenvalue weighted by Gasteiger charge is 2.27. The lowest BCUT2D eigenvalue weighted by molar-refractivity contribution is 0.0985. The van der Waals surface area contributed by atoms with Gasteiger partial charge < -0.3 is 15.0 Å². The molecule has 7 heteroatoms. The molecule has 0 saturated heterocycles. The lowest BCUT2D eigenvalue weighted by Gasteiger charge is -2.19. The molecular formula is C24H20N4O3. The van der Waals surface area contributed by atoms with Crippen LogP contribution in [0.15, 0.2) is 66.9 Å². The van der Waals surface area contributed by atoms with Gasteiger partial charge in [-0.2, -0.15) is 0 Å². The number of nitrogens with zero attached hydrogens (tertiary/aromatic N) is 3. The van der Waals surface area contributed by atoms with Gasteiger partial charge in [0.25, 0.3) is 11.8 Å². The number of fused-ring (bicyclic) bond motifs is 3. The van der Waals surface area contributed by atoms with E-state index in [1.54, 1.807) is 40.6 Å². The second kappa shape index (κ2) is 7.28. The van der Waals surface area contributed by atoms with Crippen molar-refractivity contribution < 1.29 is 14.3 Å². The van der Waals surface area contributed by atoms with Gasteiger partial charge in [-0.3, -0.25) is 14.0 Å². The van der Waals surface area contributed by atoms with E-state index in [-0.39, 0.29) is 11.8 Å². The summed E-state index contributed by atoms with van der Waals surface area (Å²) >= 11 is 0. The molecule has 154 valence electrons. The van der Waals surface area contributed by atoms with Gasteiger partial charge in [-0.1, -0.05) is 18.2 Å². The summed E-state index contributed by atoms with van der Waals surface area (Å²) in [4.78, 5) is 32.4. The Morgan fingerprint density at radius 1 is 1.06 bits per heavy atom. The second-order valence-corrected chi connectivity index (χ2v) is 7.26. The van der Waals surface area contributed by atoms with Crippen LogP contribution in [0.3, 0.4) is 0 Å². The molecular weight excluding hydrogens is 392 g/mol. The van der Waals surface area contributed by atoms with Crippen molar-refractivity contribution in [1.29, 1.82) is 0 Å². The maximum absolute atomic E-state index is 13.2. The maximum atomic E-state index is 13.2. The van der Waals surface area contributed by atoms with Crippen LogP contribution in [0.25, 0.3) is 5.65 Å². The minimum Gasteiger partial charge on any atom is -0.454 e. The lowest BCUT2D eigenvalue weighted by atomic mass is 10.1. The van der Waals surface area contributed by atoms with Crippen LogP contribution in [0.1, 0.15) is 33.5 Å². The van der Waals surface area contributed by atoms with Crippen LogP contribution in [0.5, 0.6) is 11.5 Å². The molecule has 0 spiro atoms. The number of nitrogens with one attached hydrogen (secondary N) is 1.